The molecule has 1 saturated heterocycles. The maximum atomic E-state index is 5.91. The Morgan fingerprint density at radius 2 is 1.77 bits per heavy atom. The number of benzene rings is 1. The summed E-state index contributed by atoms with van der Waals surface area (Å²) in [7, 11) is 0. The summed E-state index contributed by atoms with van der Waals surface area (Å²) < 4.78 is 0. The van der Waals surface area contributed by atoms with E-state index < -0.39 is 0 Å². The highest BCUT2D eigenvalue weighted by Crippen LogP contribution is 2.42. The first kappa shape index (κ1) is 16.0. The van der Waals surface area contributed by atoms with Crippen LogP contribution in [0.25, 0.3) is 0 Å². The summed E-state index contributed by atoms with van der Waals surface area (Å²) in [5.41, 5.74) is 7.84. The van der Waals surface area contributed by atoms with Gasteiger partial charge in [0, 0.05) is 5.54 Å². The molecular weight excluding hydrogens is 268 g/mol. The Balaban J connectivity index is 1.74. The summed E-state index contributed by atoms with van der Waals surface area (Å²) >= 11 is 0. The summed E-state index contributed by atoms with van der Waals surface area (Å²) in [6, 6.07) is 11.1. The fraction of sp³-hybridized carbons (Fsp3) is 0.700. The molecule has 122 valence electrons. The summed E-state index contributed by atoms with van der Waals surface area (Å²) in [4.78, 5) is 2.82. The Morgan fingerprint density at radius 3 is 2.36 bits per heavy atom. The van der Waals surface area contributed by atoms with Crippen LogP contribution in [-0.4, -0.2) is 30.1 Å². The molecule has 0 aromatic heterocycles. The highest BCUT2D eigenvalue weighted by Gasteiger charge is 2.41. The first-order valence-corrected chi connectivity index (χ1v) is 9.22. The summed E-state index contributed by atoms with van der Waals surface area (Å²) in [5, 5.41) is 0. The molecule has 1 aliphatic carbocycles. The van der Waals surface area contributed by atoms with Crippen molar-refractivity contribution in [3.63, 3.8) is 0 Å². The van der Waals surface area contributed by atoms with E-state index >= 15 is 0 Å². The zero-order valence-corrected chi connectivity index (χ0v) is 14.1. The van der Waals surface area contributed by atoms with Crippen molar-refractivity contribution >= 4 is 0 Å². The summed E-state index contributed by atoms with van der Waals surface area (Å²) in [6.45, 7) is 5.80. The zero-order chi connectivity index (χ0) is 15.4. The second-order valence-corrected chi connectivity index (χ2v) is 7.63. The van der Waals surface area contributed by atoms with Crippen LogP contribution in [0.2, 0.25) is 0 Å². The molecule has 2 fully saturated rings. The molecule has 2 heteroatoms. The zero-order valence-electron chi connectivity index (χ0n) is 14.1. The molecule has 22 heavy (non-hydrogen) atoms. The normalized spacial score (nSPS) is 31.3. The fourth-order valence-corrected chi connectivity index (χ4v) is 4.71. The predicted octanol–water partition coefficient (Wildman–Crippen LogP) is 3.85. The van der Waals surface area contributed by atoms with Gasteiger partial charge in [-0.3, -0.25) is 4.90 Å². The molecule has 2 N–H and O–H groups in total. The van der Waals surface area contributed by atoms with Gasteiger partial charge in [-0.05, 0) is 82.0 Å². The third-order valence-electron chi connectivity index (χ3n) is 6.29. The van der Waals surface area contributed by atoms with Gasteiger partial charge < -0.3 is 5.73 Å². The molecule has 0 amide bonds. The fourth-order valence-electron chi connectivity index (χ4n) is 4.71. The molecule has 1 aliphatic heterocycles. The molecule has 3 rings (SSSR count). The van der Waals surface area contributed by atoms with E-state index in [2.05, 4.69) is 42.2 Å². The highest BCUT2D eigenvalue weighted by atomic mass is 15.2. The van der Waals surface area contributed by atoms with E-state index in [0.29, 0.717) is 11.5 Å². The number of nitrogens with zero attached hydrogens (tertiary/aromatic N) is 1. The number of rotatable bonds is 5. The maximum Gasteiger partial charge on any atom is 0.0250 e. The van der Waals surface area contributed by atoms with E-state index in [1.807, 2.05) is 0 Å². The van der Waals surface area contributed by atoms with Gasteiger partial charge in [0.1, 0.15) is 0 Å². The van der Waals surface area contributed by atoms with Gasteiger partial charge in [-0.1, -0.05) is 37.3 Å². The minimum Gasteiger partial charge on any atom is -0.330 e. The predicted molar refractivity (Wildman–Crippen MR) is 93.9 cm³/mol. The van der Waals surface area contributed by atoms with Crippen LogP contribution in [-0.2, 0) is 6.42 Å². The van der Waals surface area contributed by atoms with Crippen molar-refractivity contribution in [1.29, 1.82) is 0 Å². The third-order valence-corrected chi connectivity index (χ3v) is 6.29. The quantitative estimate of drug-likeness (QED) is 0.895. The van der Waals surface area contributed by atoms with Crippen LogP contribution in [0.15, 0.2) is 30.3 Å². The second kappa shape index (κ2) is 7.14. The molecule has 1 atom stereocenters. The van der Waals surface area contributed by atoms with Gasteiger partial charge in [0.15, 0.2) is 0 Å². The lowest BCUT2D eigenvalue weighted by molar-refractivity contribution is 0.0458. The summed E-state index contributed by atoms with van der Waals surface area (Å²) in [6.07, 6.45) is 9.45. The average molecular weight is 300 g/mol. The van der Waals surface area contributed by atoms with Gasteiger partial charge in [-0.15, -0.1) is 0 Å². The lowest BCUT2D eigenvalue weighted by Crippen LogP contribution is -2.51. The lowest BCUT2D eigenvalue weighted by Gasteiger charge is -2.48. The molecule has 1 saturated carbocycles. The van der Waals surface area contributed by atoms with Crippen LogP contribution in [0.5, 0.6) is 0 Å². The molecule has 1 heterocycles. The van der Waals surface area contributed by atoms with Crippen molar-refractivity contribution in [2.45, 2.75) is 57.4 Å². The van der Waals surface area contributed by atoms with Crippen LogP contribution >= 0.6 is 0 Å². The SMILES string of the molecule is CC(CN)C1CCC(Cc2ccccc2)(N2CCCC2)CC1. The van der Waals surface area contributed by atoms with Crippen molar-refractivity contribution in [3.05, 3.63) is 35.9 Å². The second-order valence-electron chi connectivity index (χ2n) is 7.63. The highest BCUT2D eigenvalue weighted by molar-refractivity contribution is 5.19. The number of hydrogen-bond donors (Lipinski definition) is 1. The van der Waals surface area contributed by atoms with E-state index in [1.165, 1.54) is 63.6 Å². The number of hydrogen-bond acceptors (Lipinski definition) is 2. The Morgan fingerprint density at radius 1 is 1.14 bits per heavy atom. The molecule has 1 aromatic carbocycles. The van der Waals surface area contributed by atoms with Crippen LogP contribution in [0, 0.1) is 11.8 Å². The Hall–Kier alpha value is -0.860. The third kappa shape index (κ3) is 3.38. The van der Waals surface area contributed by atoms with Gasteiger partial charge in [0.05, 0.1) is 0 Å². The van der Waals surface area contributed by atoms with Gasteiger partial charge in [0.2, 0.25) is 0 Å². The lowest BCUT2D eigenvalue weighted by atomic mass is 9.69. The van der Waals surface area contributed by atoms with Crippen molar-refractivity contribution in [1.82, 2.24) is 4.90 Å². The standard InChI is InChI=1S/C20H32N2/c1-17(16-21)19-9-11-20(12-10-19,22-13-5-6-14-22)15-18-7-3-2-4-8-18/h2-4,7-8,17,19H,5-6,9-16,21H2,1H3. The topological polar surface area (TPSA) is 29.3 Å². The molecule has 0 bridgehead atoms. The van der Waals surface area contributed by atoms with Crippen molar-refractivity contribution in [2.24, 2.45) is 17.6 Å². The van der Waals surface area contributed by atoms with Crippen LogP contribution in [0.1, 0.15) is 51.0 Å². The van der Waals surface area contributed by atoms with Gasteiger partial charge in [0.25, 0.3) is 0 Å². The minimum atomic E-state index is 0.419. The van der Waals surface area contributed by atoms with Crippen molar-refractivity contribution in [2.75, 3.05) is 19.6 Å². The van der Waals surface area contributed by atoms with Gasteiger partial charge in [-0.2, -0.15) is 0 Å². The van der Waals surface area contributed by atoms with E-state index in [9.17, 15) is 0 Å². The Kier molecular flexibility index (Phi) is 5.20. The minimum absolute atomic E-state index is 0.419. The molecule has 0 radical (unpaired) electrons. The van der Waals surface area contributed by atoms with E-state index in [0.717, 1.165) is 12.5 Å². The molecular formula is C20H32N2. The Labute approximate surface area is 136 Å². The smallest absolute Gasteiger partial charge is 0.0250 e. The van der Waals surface area contributed by atoms with Crippen LogP contribution in [0.4, 0.5) is 0 Å². The maximum absolute atomic E-state index is 5.91. The Bertz CT molecular complexity index is 442. The van der Waals surface area contributed by atoms with E-state index in [-0.39, 0.29) is 0 Å². The van der Waals surface area contributed by atoms with E-state index in [1.54, 1.807) is 0 Å². The average Bonchev–Trinajstić information content (AvgIpc) is 3.11. The first-order valence-electron chi connectivity index (χ1n) is 9.22. The van der Waals surface area contributed by atoms with Crippen molar-refractivity contribution in [3.8, 4) is 0 Å². The first-order chi connectivity index (χ1) is 10.7. The summed E-state index contributed by atoms with van der Waals surface area (Å²) in [5.74, 6) is 1.53. The van der Waals surface area contributed by atoms with Gasteiger partial charge in [-0.25, -0.2) is 0 Å². The molecule has 2 aliphatic rings. The van der Waals surface area contributed by atoms with Crippen LogP contribution < -0.4 is 5.73 Å². The largest absolute Gasteiger partial charge is 0.330 e. The van der Waals surface area contributed by atoms with E-state index in [4.69, 9.17) is 5.73 Å². The van der Waals surface area contributed by atoms with Crippen LogP contribution in [0.3, 0.4) is 0 Å². The molecule has 0 spiro atoms. The molecule has 1 unspecified atom stereocenters. The van der Waals surface area contributed by atoms with Gasteiger partial charge >= 0.3 is 0 Å². The number of likely N-dealkylation sites (tertiary alicyclic amines) is 1. The molecule has 1 aromatic rings. The van der Waals surface area contributed by atoms with Crippen molar-refractivity contribution < 1.29 is 0 Å². The monoisotopic (exact) mass is 300 g/mol. The number of nitrogens with two attached hydrogens (primary N) is 1. The molecule has 2 nitrogen and oxygen atoms in total.